The molecule has 17 heavy (non-hydrogen) atoms. The first-order valence-corrected chi connectivity index (χ1v) is 13.8. The van der Waals surface area contributed by atoms with Crippen LogP contribution in [0.1, 0.15) is 52.4 Å². The lowest BCUT2D eigenvalue weighted by Crippen LogP contribution is -2.44. The highest BCUT2D eigenvalue weighted by Crippen LogP contribution is 2.27. The molecule has 0 rings (SSSR count). The molecular weight excluding hydrogens is 240 g/mol. The zero-order valence-corrected chi connectivity index (χ0v) is 15.1. The average molecular weight is 275 g/mol. The molecular formula is C14H34OSi2. The van der Waals surface area contributed by atoms with Gasteiger partial charge in [-0.15, -0.1) is 0 Å². The normalized spacial score (nSPS) is 13.1. The van der Waals surface area contributed by atoms with Gasteiger partial charge in [-0.2, -0.15) is 0 Å². The van der Waals surface area contributed by atoms with E-state index >= 15 is 0 Å². The molecule has 0 saturated heterocycles. The Bertz CT molecular complexity index is 177. The molecule has 0 heterocycles. The lowest BCUT2D eigenvalue weighted by atomic mass is 10.3. The topological polar surface area (TPSA) is 9.23 Å². The summed E-state index contributed by atoms with van der Waals surface area (Å²) < 4.78 is 6.60. The van der Waals surface area contributed by atoms with Crippen molar-refractivity contribution >= 4 is 16.6 Å². The molecule has 104 valence electrons. The summed E-state index contributed by atoms with van der Waals surface area (Å²) in [7, 11) is -2.75. The van der Waals surface area contributed by atoms with E-state index in [1.165, 1.54) is 50.6 Å². The van der Waals surface area contributed by atoms with Crippen LogP contribution in [0.4, 0.5) is 0 Å². The Balaban J connectivity index is 4.24. The quantitative estimate of drug-likeness (QED) is 0.362. The van der Waals surface area contributed by atoms with Gasteiger partial charge >= 0.3 is 0 Å². The highest BCUT2D eigenvalue weighted by Gasteiger charge is 2.33. The fraction of sp³-hybridized carbons (Fsp3) is 1.00. The zero-order chi connectivity index (χ0) is 13.4. The molecule has 0 amide bonds. The smallest absolute Gasteiger partial charge is 0.176 e. The summed E-state index contributed by atoms with van der Waals surface area (Å²) in [5.41, 5.74) is 0. The standard InChI is InChI=1S/C14H34OSi2/c1-7-9-11-13-17(6,14-12-10-8-2)15-16(3,4)5/h7-14H2,1-6H3. The van der Waals surface area contributed by atoms with Crippen LogP contribution in [-0.2, 0) is 4.12 Å². The maximum atomic E-state index is 6.60. The summed E-state index contributed by atoms with van der Waals surface area (Å²) in [6, 6.07) is 2.77. The minimum absolute atomic E-state index is 1.33. The number of unbranched alkanes of at least 4 members (excludes halogenated alkanes) is 4. The Morgan fingerprint density at radius 1 is 0.706 bits per heavy atom. The van der Waals surface area contributed by atoms with Gasteiger partial charge in [0.05, 0.1) is 0 Å². The fourth-order valence-corrected chi connectivity index (χ4v) is 11.4. The van der Waals surface area contributed by atoms with Gasteiger partial charge < -0.3 is 4.12 Å². The van der Waals surface area contributed by atoms with Crippen molar-refractivity contribution in [1.29, 1.82) is 0 Å². The van der Waals surface area contributed by atoms with Crippen molar-refractivity contribution < 1.29 is 4.12 Å². The minimum atomic E-state index is -1.40. The second-order valence-corrected chi connectivity index (χ2v) is 15.5. The van der Waals surface area contributed by atoms with Crippen LogP contribution in [0.2, 0.25) is 38.3 Å². The predicted octanol–water partition coefficient (Wildman–Crippen LogP) is 5.79. The van der Waals surface area contributed by atoms with Crippen LogP contribution in [-0.4, -0.2) is 16.6 Å². The SMILES string of the molecule is CCCCC[Si](C)(CCCCC)O[Si](C)(C)C. The molecule has 3 heteroatoms. The van der Waals surface area contributed by atoms with Crippen LogP contribution >= 0.6 is 0 Å². The Morgan fingerprint density at radius 2 is 1.12 bits per heavy atom. The van der Waals surface area contributed by atoms with E-state index in [9.17, 15) is 0 Å². The van der Waals surface area contributed by atoms with Crippen molar-refractivity contribution in [3.63, 3.8) is 0 Å². The Labute approximate surface area is 112 Å². The van der Waals surface area contributed by atoms with Crippen molar-refractivity contribution in [2.45, 2.75) is 90.6 Å². The molecule has 0 unspecified atom stereocenters. The van der Waals surface area contributed by atoms with Crippen molar-refractivity contribution in [3.8, 4) is 0 Å². The van der Waals surface area contributed by atoms with E-state index in [4.69, 9.17) is 4.12 Å². The molecule has 0 saturated carbocycles. The highest BCUT2D eigenvalue weighted by atomic mass is 28.4. The molecule has 0 aliphatic rings. The fourth-order valence-electron chi connectivity index (χ4n) is 2.46. The number of hydrogen-bond donors (Lipinski definition) is 0. The summed E-state index contributed by atoms with van der Waals surface area (Å²) in [6.45, 7) is 14.1. The minimum Gasteiger partial charge on any atom is -0.456 e. The second-order valence-electron chi connectivity index (χ2n) is 6.58. The molecule has 0 radical (unpaired) electrons. The van der Waals surface area contributed by atoms with Crippen LogP contribution in [0.25, 0.3) is 0 Å². The molecule has 0 atom stereocenters. The average Bonchev–Trinajstić information content (AvgIpc) is 2.15. The molecule has 0 N–H and O–H groups in total. The van der Waals surface area contributed by atoms with E-state index in [1.54, 1.807) is 0 Å². The van der Waals surface area contributed by atoms with Gasteiger partial charge in [0.2, 0.25) is 0 Å². The van der Waals surface area contributed by atoms with E-state index in [-0.39, 0.29) is 0 Å². The molecule has 0 spiro atoms. The maximum absolute atomic E-state index is 6.60. The number of rotatable bonds is 10. The van der Waals surface area contributed by atoms with Crippen molar-refractivity contribution in [1.82, 2.24) is 0 Å². The third-order valence-electron chi connectivity index (χ3n) is 3.17. The van der Waals surface area contributed by atoms with Crippen LogP contribution in [0.15, 0.2) is 0 Å². The van der Waals surface area contributed by atoms with Crippen molar-refractivity contribution in [2.24, 2.45) is 0 Å². The van der Waals surface area contributed by atoms with Crippen molar-refractivity contribution in [2.75, 3.05) is 0 Å². The van der Waals surface area contributed by atoms with E-state index in [1.807, 2.05) is 0 Å². The molecule has 0 aromatic heterocycles. The van der Waals surface area contributed by atoms with Gasteiger partial charge in [0.1, 0.15) is 0 Å². The van der Waals surface area contributed by atoms with E-state index in [0.29, 0.717) is 0 Å². The first kappa shape index (κ1) is 17.4. The van der Waals surface area contributed by atoms with Crippen LogP contribution < -0.4 is 0 Å². The predicted molar refractivity (Wildman–Crippen MR) is 84.7 cm³/mol. The van der Waals surface area contributed by atoms with Gasteiger partial charge in [-0.25, -0.2) is 0 Å². The van der Waals surface area contributed by atoms with E-state index in [2.05, 4.69) is 40.0 Å². The largest absolute Gasteiger partial charge is 0.456 e. The third-order valence-corrected chi connectivity index (χ3v) is 10.4. The van der Waals surface area contributed by atoms with Crippen LogP contribution in [0, 0.1) is 0 Å². The molecule has 0 aliphatic heterocycles. The summed E-state index contributed by atoms with van der Waals surface area (Å²) in [5, 5.41) is 0. The zero-order valence-electron chi connectivity index (χ0n) is 13.1. The lowest BCUT2D eigenvalue weighted by Gasteiger charge is -2.35. The first-order valence-electron chi connectivity index (χ1n) is 7.53. The molecule has 0 fully saturated rings. The maximum Gasteiger partial charge on any atom is 0.176 e. The molecule has 1 nitrogen and oxygen atoms in total. The monoisotopic (exact) mass is 274 g/mol. The van der Waals surface area contributed by atoms with Crippen molar-refractivity contribution in [3.05, 3.63) is 0 Å². The van der Waals surface area contributed by atoms with Gasteiger partial charge in [0.15, 0.2) is 16.6 Å². The van der Waals surface area contributed by atoms with Gasteiger partial charge in [0.25, 0.3) is 0 Å². The van der Waals surface area contributed by atoms with Crippen LogP contribution in [0.3, 0.4) is 0 Å². The lowest BCUT2D eigenvalue weighted by molar-refractivity contribution is 0.523. The van der Waals surface area contributed by atoms with Gasteiger partial charge in [0, 0.05) is 0 Å². The summed E-state index contributed by atoms with van der Waals surface area (Å²) >= 11 is 0. The third kappa shape index (κ3) is 10.0. The molecule has 0 aromatic rings. The Kier molecular flexibility index (Phi) is 8.68. The molecule has 0 aromatic carbocycles. The Hall–Kier alpha value is 0.394. The van der Waals surface area contributed by atoms with E-state index in [0.717, 1.165) is 0 Å². The van der Waals surface area contributed by atoms with E-state index < -0.39 is 16.6 Å². The van der Waals surface area contributed by atoms with Crippen LogP contribution in [0.5, 0.6) is 0 Å². The second kappa shape index (κ2) is 8.49. The van der Waals surface area contributed by atoms with Gasteiger partial charge in [-0.05, 0) is 38.3 Å². The van der Waals surface area contributed by atoms with Gasteiger partial charge in [-0.3, -0.25) is 0 Å². The number of hydrogen-bond acceptors (Lipinski definition) is 1. The summed E-state index contributed by atoms with van der Waals surface area (Å²) in [4.78, 5) is 0. The Morgan fingerprint density at radius 3 is 1.41 bits per heavy atom. The summed E-state index contributed by atoms with van der Waals surface area (Å²) in [5.74, 6) is 0. The first-order chi connectivity index (χ1) is 7.83. The molecule has 0 bridgehead atoms. The highest BCUT2D eigenvalue weighted by molar-refractivity contribution is 6.84. The molecule has 0 aliphatic carbocycles. The summed E-state index contributed by atoms with van der Waals surface area (Å²) in [6.07, 6.45) is 8.18. The van der Waals surface area contributed by atoms with Gasteiger partial charge in [-0.1, -0.05) is 52.4 Å².